The quantitative estimate of drug-likeness (QED) is 0.374. The predicted molar refractivity (Wildman–Crippen MR) is 140 cm³/mol. The highest BCUT2D eigenvalue weighted by Gasteiger charge is 2.39. The number of carbonyl (C=O) groups is 4. The number of primary amides is 1. The van der Waals surface area contributed by atoms with Gasteiger partial charge in [-0.25, -0.2) is 4.79 Å². The topological polar surface area (TPSA) is 131 Å². The Bertz CT molecular complexity index is 905. The summed E-state index contributed by atoms with van der Waals surface area (Å²) < 4.78 is 5.30. The smallest absolute Gasteiger partial charge is 0.408 e. The first-order chi connectivity index (χ1) is 16.7. The monoisotopic (exact) mass is 504 g/mol. The number of amides is 4. The lowest BCUT2D eigenvalue weighted by Gasteiger charge is -2.38. The molecule has 202 valence electrons. The van der Waals surface area contributed by atoms with Gasteiger partial charge in [-0.3, -0.25) is 14.4 Å². The van der Waals surface area contributed by atoms with Crippen molar-refractivity contribution >= 4 is 23.8 Å². The molecular formula is C27H44N4O5. The summed E-state index contributed by atoms with van der Waals surface area (Å²) in [5.41, 5.74) is 7.19. The standard InChI is InChI=1S/C27H44N4O5/c1-9-11-12-29-24(33)23(20-14-17(3)13-18(4)15-20)31(19(5)10-2)25(34)21(16-22(28)32)30-26(35)36-27(6,7)8/h13-15,19,21,23H,9-12,16H2,1-8H3,(H2,28,32)(H,29,33)(H,30,35). The normalized spacial score (nSPS) is 13.8. The molecule has 0 aliphatic carbocycles. The van der Waals surface area contributed by atoms with Gasteiger partial charge in [-0.15, -0.1) is 0 Å². The van der Waals surface area contributed by atoms with E-state index in [1.165, 1.54) is 4.90 Å². The summed E-state index contributed by atoms with van der Waals surface area (Å²) in [6, 6.07) is 3.12. The molecule has 9 nitrogen and oxygen atoms in total. The number of hydrogen-bond acceptors (Lipinski definition) is 5. The van der Waals surface area contributed by atoms with Gasteiger partial charge in [0.05, 0.1) is 6.42 Å². The molecule has 0 heterocycles. The molecule has 3 unspecified atom stereocenters. The van der Waals surface area contributed by atoms with Crippen molar-refractivity contribution < 1.29 is 23.9 Å². The van der Waals surface area contributed by atoms with Gasteiger partial charge in [0.2, 0.25) is 17.7 Å². The maximum absolute atomic E-state index is 14.0. The summed E-state index contributed by atoms with van der Waals surface area (Å²) in [4.78, 5) is 53.4. The Labute approximate surface area is 215 Å². The molecule has 0 aromatic heterocycles. The fourth-order valence-electron chi connectivity index (χ4n) is 3.92. The second kappa shape index (κ2) is 13.8. The van der Waals surface area contributed by atoms with Gasteiger partial charge in [-0.2, -0.15) is 0 Å². The summed E-state index contributed by atoms with van der Waals surface area (Å²) in [6.45, 7) is 15.2. The van der Waals surface area contributed by atoms with Gasteiger partial charge in [-0.05, 0) is 59.9 Å². The first-order valence-electron chi connectivity index (χ1n) is 12.7. The largest absolute Gasteiger partial charge is 0.444 e. The first kappa shape index (κ1) is 30.9. The summed E-state index contributed by atoms with van der Waals surface area (Å²) in [5, 5.41) is 5.45. The predicted octanol–water partition coefficient (Wildman–Crippen LogP) is 3.66. The number of benzene rings is 1. The van der Waals surface area contributed by atoms with Crippen LogP contribution in [0.2, 0.25) is 0 Å². The number of unbranched alkanes of at least 4 members (excludes halogenated alkanes) is 1. The third kappa shape index (κ3) is 9.87. The first-order valence-corrected chi connectivity index (χ1v) is 12.7. The van der Waals surface area contributed by atoms with E-state index >= 15 is 0 Å². The Morgan fingerprint density at radius 1 is 1.06 bits per heavy atom. The van der Waals surface area contributed by atoms with E-state index in [9.17, 15) is 19.2 Å². The minimum atomic E-state index is -1.29. The van der Waals surface area contributed by atoms with Gasteiger partial charge in [0.1, 0.15) is 17.7 Å². The van der Waals surface area contributed by atoms with Crippen LogP contribution in [0.4, 0.5) is 4.79 Å². The van der Waals surface area contributed by atoms with E-state index in [0.717, 1.165) is 24.0 Å². The van der Waals surface area contributed by atoms with E-state index in [0.29, 0.717) is 18.5 Å². The number of rotatable bonds is 12. The average molecular weight is 505 g/mol. The van der Waals surface area contributed by atoms with Crippen LogP contribution in [0.1, 0.15) is 90.0 Å². The maximum Gasteiger partial charge on any atom is 0.408 e. The summed E-state index contributed by atoms with van der Waals surface area (Å²) in [5.74, 6) is -1.66. The number of nitrogens with one attached hydrogen (secondary N) is 2. The number of ether oxygens (including phenoxy) is 1. The lowest BCUT2D eigenvalue weighted by Crippen LogP contribution is -2.56. The van der Waals surface area contributed by atoms with E-state index in [2.05, 4.69) is 10.6 Å². The molecule has 36 heavy (non-hydrogen) atoms. The molecule has 1 aromatic carbocycles. The summed E-state index contributed by atoms with van der Waals surface area (Å²) >= 11 is 0. The van der Waals surface area contributed by atoms with Crippen LogP contribution in [-0.4, -0.2) is 52.9 Å². The highest BCUT2D eigenvalue weighted by Crippen LogP contribution is 2.28. The second-order valence-corrected chi connectivity index (χ2v) is 10.3. The Morgan fingerprint density at radius 2 is 1.64 bits per heavy atom. The minimum absolute atomic E-state index is 0.322. The van der Waals surface area contributed by atoms with Gasteiger partial charge >= 0.3 is 6.09 Å². The van der Waals surface area contributed by atoms with Gasteiger partial charge < -0.3 is 26.0 Å². The van der Waals surface area contributed by atoms with Crippen molar-refractivity contribution in [3.8, 4) is 0 Å². The molecule has 0 aliphatic heterocycles. The number of hydrogen-bond donors (Lipinski definition) is 3. The fourth-order valence-corrected chi connectivity index (χ4v) is 3.92. The van der Waals surface area contributed by atoms with E-state index in [1.807, 2.05) is 52.8 Å². The number of carbonyl (C=O) groups excluding carboxylic acids is 4. The van der Waals surface area contributed by atoms with Crippen LogP contribution in [0.25, 0.3) is 0 Å². The molecular weight excluding hydrogens is 460 g/mol. The maximum atomic E-state index is 14.0. The highest BCUT2D eigenvalue weighted by atomic mass is 16.6. The zero-order valence-corrected chi connectivity index (χ0v) is 23.1. The molecule has 1 aromatic rings. The molecule has 0 radical (unpaired) electrons. The number of aryl methyl sites for hydroxylation is 2. The minimum Gasteiger partial charge on any atom is -0.444 e. The van der Waals surface area contributed by atoms with Gasteiger partial charge in [0.25, 0.3) is 0 Å². The van der Waals surface area contributed by atoms with E-state index < -0.39 is 42.0 Å². The molecule has 0 bridgehead atoms. The van der Waals surface area contributed by atoms with Crippen LogP contribution in [0, 0.1) is 13.8 Å². The van der Waals surface area contributed by atoms with Crippen LogP contribution in [0.15, 0.2) is 18.2 Å². The molecule has 0 spiro atoms. The fraction of sp³-hybridized carbons (Fsp3) is 0.630. The Morgan fingerprint density at radius 3 is 2.11 bits per heavy atom. The Kier molecular flexibility index (Phi) is 11.9. The number of nitrogens with two attached hydrogens (primary N) is 1. The van der Waals surface area contributed by atoms with E-state index in [4.69, 9.17) is 10.5 Å². The lowest BCUT2D eigenvalue weighted by atomic mass is 9.96. The van der Waals surface area contributed by atoms with Crippen molar-refractivity contribution in [1.82, 2.24) is 15.5 Å². The van der Waals surface area contributed by atoms with Crippen molar-refractivity contribution in [3.63, 3.8) is 0 Å². The molecule has 9 heteroatoms. The molecule has 0 saturated carbocycles. The molecule has 3 atom stereocenters. The van der Waals surface area contributed by atoms with Gasteiger partial charge in [-0.1, -0.05) is 49.6 Å². The van der Waals surface area contributed by atoms with Crippen molar-refractivity contribution in [2.75, 3.05) is 6.54 Å². The highest BCUT2D eigenvalue weighted by molar-refractivity contribution is 5.94. The molecule has 4 N–H and O–H groups in total. The van der Waals surface area contributed by atoms with Gasteiger partial charge in [0, 0.05) is 12.6 Å². The van der Waals surface area contributed by atoms with Crippen molar-refractivity contribution in [1.29, 1.82) is 0 Å². The van der Waals surface area contributed by atoms with Crippen molar-refractivity contribution in [2.24, 2.45) is 5.73 Å². The van der Waals surface area contributed by atoms with E-state index in [-0.39, 0.29) is 11.9 Å². The number of nitrogens with zero attached hydrogens (tertiary/aromatic N) is 1. The molecule has 0 saturated heterocycles. The van der Waals surface area contributed by atoms with Crippen LogP contribution in [0.5, 0.6) is 0 Å². The number of alkyl carbamates (subject to hydrolysis) is 1. The van der Waals surface area contributed by atoms with Crippen LogP contribution < -0.4 is 16.4 Å². The Balaban J connectivity index is 3.56. The van der Waals surface area contributed by atoms with Crippen LogP contribution in [0.3, 0.4) is 0 Å². The third-order valence-corrected chi connectivity index (χ3v) is 5.63. The third-order valence-electron chi connectivity index (χ3n) is 5.63. The van der Waals surface area contributed by atoms with E-state index in [1.54, 1.807) is 20.8 Å². The molecule has 0 aliphatic rings. The average Bonchev–Trinajstić information content (AvgIpc) is 2.73. The lowest BCUT2D eigenvalue weighted by molar-refractivity contribution is -0.145. The molecule has 0 fully saturated rings. The Hall–Kier alpha value is -3.10. The van der Waals surface area contributed by atoms with Gasteiger partial charge in [0.15, 0.2) is 0 Å². The second-order valence-electron chi connectivity index (χ2n) is 10.3. The summed E-state index contributed by atoms with van der Waals surface area (Å²) in [6.07, 6.45) is 0.977. The zero-order chi connectivity index (χ0) is 27.6. The zero-order valence-electron chi connectivity index (χ0n) is 23.1. The van der Waals surface area contributed by atoms with Crippen molar-refractivity contribution in [3.05, 3.63) is 34.9 Å². The van der Waals surface area contributed by atoms with Crippen molar-refractivity contribution in [2.45, 2.75) is 105 Å². The van der Waals surface area contributed by atoms with Crippen LogP contribution >= 0.6 is 0 Å². The summed E-state index contributed by atoms with van der Waals surface area (Å²) in [7, 11) is 0. The molecule has 1 rings (SSSR count). The SMILES string of the molecule is CCCCNC(=O)C(c1cc(C)cc(C)c1)N(C(=O)C(CC(N)=O)NC(=O)OC(C)(C)C)C(C)CC. The van der Waals surface area contributed by atoms with Crippen LogP contribution in [-0.2, 0) is 19.1 Å². The molecule has 4 amide bonds.